The molecule has 2 aromatic rings. The van der Waals surface area contributed by atoms with Crippen LogP contribution in [0.2, 0.25) is 0 Å². The van der Waals surface area contributed by atoms with Crippen molar-refractivity contribution in [3.05, 3.63) is 60.3 Å². The third-order valence-corrected chi connectivity index (χ3v) is 4.32. The summed E-state index contributed by atoms with van der Waals surface area (Å²) in [4.78, 5) is 14.8. The SMILES string of the molecule is CCC[C@H]1C=CCN1C(=O)c1ccc(-c2ccccc2)n1C. The van der Waals surface area contributed by atoms with Crippen molar-refractivity contribution in [1.82, 2.24) is 9.47 Å². The first kappa shape index (κ1) is 14.6. The maximum atomic E-state index is 12.9. The molecule has 0 spiro atoms. The maximum Gasteiger partial charge on any atom is 0.271 e. The summed E-state index contributed by atoms with van der Waals surface area (Å²) < 4.78 is 2.00. The molecular weight excluding hydrogens is 272 g/mol. The summed E-state index contributed by atoms with van der Waals surface area (Å²) in [7, 11) is 1.97. The first-order valence-electron chi connectivity index (χ1n) is 7.91. The van der Waals surface area contributed by atoms with E-state index in [9.17, 15) is 4.79 Å². The largest absolute Gasteiger partial charge is 0.340 e. The van der Waals surface area contributed by atoms with E-state index in [1.54, 1.807) is 0 Å². The van der Waals surface area contributed by atoms with E-state index in [4.69, 9.17) is 0 Å². The Kier molecular flexibility index (Phi) is 4.14. The van der Waals surface area contributed by atoms with Gasteiger partial charge in [0.2, 0.25) is 0 Å². The molecule has 0 N–H and O–H groups in total. The lowest BCUT2D eigenvalue weighted by atomic mass is 10.1. The molecule has 22 heavy (non-hydrogen) atoms. The van der Waals surface area contributed by atoms with Crippen molar-refractivity contribution in [2.24, 2.45) is 7.05 Å². The Morgan fingerprint density at radius 3 is 2.68 bits per heavy atom. The number of nitrogens with zero attached hydrogens (tertiary/aromatic N) is 2. The van der Waals surface area contributed by atoms with Crippen molar-refractivity contribution < 1.29 is 4.79 Å². The van der Waals surface area contributed by atoms with Crippen LogP contribution in [0.4, 0.5) is 0 Å². The molecule has 0 unspecified atom stereocenters. The minimum Gasteiger partial charge on any atom is -0.340 e. The van der Waals surface area contributed by atoms with E-state index in [1.165, 1.54) is 0 Å². The molecule has 2 heterocycles. The van der Waals surface area contributed by atoms with E-state index in [-0.39, 0.29) is 11.9 Å². The summed E-state index contributed by atoms with van der Waals surface area (Å²) in [5.41, 5.74) is 2.96. The van der Waals surface area contributed by atoms with Crippen LogP contribution in [0.3, 0.4) is 0 Å². The van der Waals surface area contributed by atoms with E-state index >= 15 is 0 Å². The van der Waals surface area contributed by atoms with Gasteiger partial charge in [0.25, 0.3) is 5.91 Å². The molecule has 0 fully saturated rings. The Labute approximate surface area is 131 Å². The molecule has 0 aliphatic carbocycles. The van der Waals surface area contributed by atoms with Crippen LogP contribution < -0.4 is 0 Å². The van der Waals surface area contributed by atoms with Crippen molar-refractivity contribution in [2.75, 3.05) is 6.54 Å². The molecule has 1 aliphatic heterocycles. The highest BCUT2D eigenvalue weighted by Gasteiger charge is 2.27. The lowest BCUT2D eigenvalue weighted by Crippen LogP contribution is -2.36. The first-order chi connectivity index (χ1) is 10.7. The van der Waals surface area contributed by atoms with E-state index in [0.717, 1.165) is 36.3 Å². The minimum absolute atomic E-state index is 0.119. The van der Waals surface area contributed by atoms with Crippen LogP contribution in [0, 0.1) is 0 Å². The fraction of sp³-hybridized carbons (Fsp3) is 0.316. The van der Waals surface area contributed by atoms with E-state index < -0.39 is 0 Å². The molecular formula is C19H22N2O. The van der Waals surface area contributed by atoms with Gasteiger partial charge >= 0.3 is 0 Å². The Morgan fingerprint density at radius 2 is 1.95 bits per heavy atom. The van der Waals surface area contributed by atoms with Crippen molar-refractivity contribution >= 4 is 5.91 Å². The van der Waals surface area contributed by atoms with Crippen molar-refractivity contribution in [2.45, 2.75) is 25.8 Å². The summed E-state index contributed by atoms with van der Waals surface area (Å²) >= 11 is 0. The highest BCUT2D eigenvalue weighted by molar-refractivity contribution is 5.94. The number of carbonyl (C=O) groups is 1. The van der Waals surface area contributed by atoms with Gasteiger partial charge in [-0.15, -0.1) is 0 Å². The zero-order valence-corrected chi connectivity index (χ0v) is 13.2. The first-order valence-corrected chi connectivity index (χ1v) is 7.91. The monoisotopic (exact) mass is 294 g/mol. The average Bonchev–Trinajstić information content (AvgIpc) is 3.15. The van der Waals surface area contributed by atoms with Crippen molar-refractivity contribution in [3.63, 3.8) is 0 Å². The summed E-state index contributed by atoms with van der Waals surface area (Å²) in [6.45, 7) is 2.88. The van der Waals surface area contributed by atoms with Crippen LogP contribution in [0.5, 0.6) is 0 Å². The van der Waals surface area contributed by atoms with Crippen molar-refractivity contribution in [1.29, 1.82) is 0 Å². The molecule has 3 nitrogen and oxygen atoms in total. The number of benzene rings is 1. The third-order valence-electron chi connectivity index (χ3n) is 4.32. The van der Waals surface area contributed by atoms with Gasteiger partial charge in [0.1, 0.15) is 5.69 Å². The molecule has 0 saturated heterocycles. The second kappa shape index (κ2) is 6.22. The van der Waals surface area contributed by atoms with Gasteiger partial charge in [-0.25, -0.2) is 0 Å². The molecule has 0 bridgehead atoms. The zero-order valence-electron chi connectivity index (χ0n) is 13.2. The van der Waals surface area contributed by atoms with Gasteiger partial charge in [0.05, 0.1) is 6.04 Å². The molecule has 1 aromatic carbocycles. The Hall–Kier alpha value is -2.29. The molecule has 114 valence electrons. The van der Waals surface area contributed by atoms with Gasteiger partial charge in [-0.05, 0) is 24.1 Å². The summed E-state index contributed by atoms with van der Waals surface area (Å²) in [6.07, 6.45) is 6.36. The summed E-state index contributed by atoms with van der Waals surface area (Å²) in [5.74, 6) is 0.119. The predicted octanol–water partition coefficient (Wildman–Crippen LogP) is 3.87. The van der Waals surface area contributed by atoms with Gasteiger partial charge in [-0.2, -0.15) is 0 Å². The molecule has 0 radical (unpaired) electrons. The average molecular weight is 294 g/mol. The quantitative estimate of drug-likeness (QED) is 0.786. The smallest absolute Gasteiger partial charge is 0.271 e. The number of hydrogen-bond acceptors (Lipinski definition) is 1. The number of hydrogen-bond donors (Lipinski definition) is 0. The molecule has 1 aromatic heterocycles. The number of amides is 1. The fourth-order valence-corrected chi connectivity index (χ4v) is 3.12. The molecule has 0 saturated carbocycles. The van der Waals surface area contributed by atoms with Crippen LogP contribution in [0.1, 0.15) is 30.3 Å². The fourth-order valence-electron chi connectivity index (χ4n) is 3.12. The van der Waals surface area contributed by atoms with Gasteiger partial charge in [0.15, 0.2) is 0 Å². The standard InChI is InChI=1S/C19H22N2O/c1-3-8-16-11-7-14-21(16)19(22)18-13-12-17(20(18)2)15-9-5-4-6-10-15/h4-7,9-13,16H,3,8,14H2,1-2H3/t16-/m0/s1. The van der Waals surface area contributed by atoms with Gasteiger partial charge in [-0.3, -0.25) is 4.79 Å². The van der Waals surface area contributed by atoms with Crippen LogP contribution in [0.15, 0.2) is 54.6 Å². The molecule has 1 aliphatic rings. The summed E-state index contributed by atoms with van der Waals surface area (Å²) in [5, 5.41) is 0. The topological polar surface area (TPSA) is 25.2 Å². The van der Waals surface area contributed by atoms with E-state index in [2.05, 4.69) is 31.2 Å². The van der Waals surface area contributed by atoms with Crippen LogP contribution >= 0.6 is 0 Å². The molecule has 1 amide bonds. The zero-order chi connectivity index (χ0) is 15.5. The van der Waals surface area contributed by atoms with Gasteiger partial charge in [-0.1, -0.05) is 55.8 Å². The highest BCUT2D eigenvalue weighted by atomic mass is 16.2. The van der Waals surface area contributed by atoms with Crippen LogP contribution in [-0.2, 0) is 7.05 Å². The molecule has 3 rings (SSSR count). The van der Waals surface area contributed by atoms with E-state index in [1.807, 2.05) is 46.8 Å². The van der Waals surface area contributed by atoms with Crippen molar-refractivity contribution in [3.8, 4) is 11.3 Å². The summed E-state index contributed by atoms with van der Waals surface area (Å²) in [6, 6.07) is 14.4. The second-order valence-corrected chi connectivity index (χ2v) is 5.77. The highest BCUT2D eigenvalue weighted by Crippen LogP contribution is 2.24. The second-order valence-electron chi connectivity index (χ2n) is 5.77. The number of carbonyl (C=O) groups excluding carboxylic acids is 1. The number of aromatic nitrogens is 1. The van der Waals surface area contributed by atoms with E-state index in [0.29, 0.717) is 0 Å². The predicted molar refractivity (Wildman–Crippen MR) is 89.7 cm³/mol. The third kappa shape index (κ3) is 2.59. The lowest BCUT2D eigenvalue weighted by Gasteiger charge is -2.24. The molecule has 1 atom stereocenters. The number of rotatable bonds is 4. The maximum absolute atomic E-state index is 12.9. The van der Waals surface area contributed by atoms with Gasteiger partial charge < -0.3 is 9.47 Å². The van der Waals surface area contributed by atoms with Gasteiger partial charge in [0, 0.05) is 19.3 Å². The van der Waals surface area contributed by atoms with Crippen LogP contribution in [0.25, 0.3) is 11.3 Å². The Bertz CT molecular complexity index is 685. The Morgan fingerprint density at radius 1 is 1.18 bits per heavy atom. The Balaban J connectivity index is 1.87. The van der Waals surface area contributed by atoms with Crippen LogP contribution in [-0.4, -0.2) is 28.0 Å². The normalized spacial score (nSPS) is 17.2. The minimum atomic E-state index is 0.119. The lowest BCUT2D eigenvalue weighted by molar-refractivity contribution is 0.0735. The molecule has 3 heteroatoms.